The predicted octanol–water partition coefficient (Wildman–Crippen LogP) is 3.21. The molecule has 0 spiro atoms. The maximum atomic E-state index is 13.7. The van der Waals surface area contributed by atoms with E-state index in [-0.39, 0.29) is 12.2 Å². The Morgan fingerprint density at radius 3 is 2.44 bits per heavy atom. The summed E-state index contributed by atoms with van der Waals surface area (Å²) < 4.78 is 23.8. The fourth-order valence-corrected chi connectivity index (χ4v) is 5.14. The molecule has 36 heavy (non-hydrogen) atoms. The van der Waals surface area contributed by atoms with Crippen molar-refractivity contribution in [2.45, 2.75) is 26.8 Å². The summed E-state index contributed by atoms with van der Waals surface area (Å²) >= 11 is 1.27. The van der Waals surface area contributed by atoms with E-state index in [1.54, 1.807) is 44.8 Å². The summed E-state index contributed by atoms with van der Waals surface area (Å²) in [7, 11) is 3.17. The number of nitrogens with zero attached hydrogens (tertiary/aromatic N) is 2. The largest absolute Gasteiger partial charge is 0.497 e. The first-order chi connectivity index (χ1) is 17.4. The van der Waals surface area contributed by atoms with Gasteiger partial charge in [0.15, 0.2) is 16.3 Å². The summed E-state index contributed by atoms with van der Waals surface area (Å²) in [5.74, 6) is 1.30. The standard InChI is InChI=1S/C27H28N2O6S/c1-6-34-21-15-18(10-13-20(21)33-5)24-23(26(31)35-7-2)16(3)28-27-29(24)25(30)22(36-27)14-17-8-11-19(32-4)12-9-17/h8-15,24H,6-7H2,1-5H3/b22-14-. The van der Waals surface area contributed by atoms with Gasteiger partial charge in [0.05, 0.1) is 49.3 Å². The SMILES string of the molecule is CCOC(=O)C1=C(C)N=c2s/c(=C\c3ccc(OC)cc3)c(=O)n2C1c1ccc(OC)c(OCC)c1. The summed E-state index contributed by atoms with van der Waals surface area (Å²) in [6, 6.07) is 12.1. The Morgan fingerprint density at radius 1 is 1.06 bits per heavy atom. The van der Waals surface area contributed by atoms with Crippen LogP contribution in [0.3, 0.4) is 0 Å². The van der Waals surface area contributed by atoms with Crippen LogP contribution in [0.1, 0.15) is 37.9 Å². The van der Waals surface area contributed by atoms with Gasteiger partial charge < -0.3 is 18.9 Å². The molecule has 0 aliphatic carbocycles. The van der Waals surface area contributed by atoms with Gasteiger partial charge in [-0.05, 0) is 62.2 Å². The van der Waals surface area contributed by atoms with E-state index >= 15 is 0 Å². The van der Waals surface area contributed by atoms with Crippen molar-refractivity contribution in [1.29, 1.82) is 0 Å². The van der Waals surface area contributed by atoms with Gasteiger partial charge in [-0.1, -0.05) is 29.5 Å². The molecule has 0 amide bonds. The molecule has 1 aliphatic rings. The van der Waals surface area contributed by atoms with Crippen LogP contribution in [0.5, 0.6) is 17.2 Å². The van der Waals surface area contributed by atoms with E-state index in [4.69, 9.17) is 18.9 Å². The van der Waals surface area contributed by atoms with Gasteiger partial charge >= 0.3 is 5.97 Å². The first-order valence-electron chi connectivity index (χ1n) is 11.6. The smallest absolute Gasteiger partial charge is 0.338 e. The zero-order valence-electron chi connectivity index (χ0n) is 20.9. The molecule has 0 N–H and O–H groups in total. The highest BCUT2D eigenvalue weighted by molar-refractivity contribution is 7.07. The molecule has 1 unspecified atom stereocenters. The fraction of sp³-hybridized carbons (Fsp3) is 0.296. The van der Waals surface area contributed by atoms with Gasteiger partial charge in [0.25, 0.3) is 5.56 Å². The van der Waals surface area contributed by atoms with Crippen molar-refractivity contribution in [3.05, 3.63) is 84.5 Å². The lowest BCUT2D eigenvalue weighted by molar-refractivity contribution is -0.139. The third-order valence-corrected chi connectivity index (χ3v) is 6.72. The maximum Gasteiger partial charge on any atom is 0.338 e. The number of aromatic nitrogens is 1. The number of thiazole rings is 1. The normalized spacial score (nSPS) is 15.2. The molecule has 2 aromatic carbocycles. The zero-order valence-corrected chi connectivity index (χ0v) is 21.7. The van der Waals surface area contributed by atoms with Crippen LogP contribution in [0, 0.1) is 0 Å². The van der Waals surface area contributed by atoms with Gasteiger partial charge in [0.2, 0.25) is 0 Å². The molecule has 8 nitrogen and oxygen atoms in total. The highest BCUT2D eigenvalue weighted by atomic mass is 32.1. The Labute approximate surface area is 212 Å². The first-order valence-corrected chi connectivity index (χ1v) is 12.4. The number of carbonyl (C=O) groups is 1. The average molecular weight is 509 g/mol. The number of esters is 1. The van der Waals surface area contributed by atoms with Crippen LogP contribution in [0.15, 0.2) is 63.5 Å². The molecule has 0 radical (unpaired) electrons. The van der Waals surface area contributed by atoms with E-state index in [2.05, 4.69) is 4.99 Å². The van der Waals surface area contributed by atoms with E-state index in [0.717, 1.165) is 11.3 Å². The van der Waals surface area contributed by atoms with Crippen LogP contribution in [0.25, 0.3) is 6.08 Å². The number of ether oxygens (including phenoxy) is 4. The highest BCUT2D eigenvalue weighted by Crippen LogP contribution is 2.36. The van der Waals surface area contributed by atoms with Crippen molar-refractivity contribution in [3.63, 3.8) is 0 Å². The van der Waals surface area contributed by atoms with Gasteiger partial charge in [0.1, 0.15) is 5.75 Å². The third kappa shape index (κ3) is 4.79. The minimum atomic E-state index is -0.733. The molecule has 0 saturated carbocycles. The summed E-state index contributed by atoms with van der Waals surface area (Å²) in [4.78, 5) is 31.9. The van der Waals surface area contributed by atoms with Crippen LogP contribution in [0.2, 0.25) is 0 Å². The van der Waals surface area contributed by atoms with Crippen molar-refractivity contribution in [2.24, 2.45) is 4.99 Å². The molecular weight excluding hydrogens is 480 g/mol. The van der Waals surface area contributed by atoms with Gasteiger partial charge in [-0.15, -0.1) is 0 Å². The minimum Gasteiger partial charge on any atom is -0.497 e. The summed E-state index contributed by atoms with van der Waals surface area (Å²) in [6.45, 7) is 6.02. The Balaban J connectivity index is 1.93. The number of allylic oxidation sites excluding steroid dienone is 1. The van der Waals surface area contributed by atoms with Crippen molar-refractivity contribution in [1.82, 2.24) is 4.57 Å². The topological polar surface area (TPSA) is 88.4 Å². The van der Waals surface area contributed by atoms with Crippen molar-refractivity contribution in [2.75, 3.05) is 27.4 Å². The first kappa shape index (κ1) is 25.2. The second-order valence-electron chi connectivity index (χ2n) is 7.92. The number of benzene rings is 2. The molecule has 0 saturated heterocycles. The second kappa shape index (κ2) is 10.8. The predicted molar refractivity (Wildman–Crippen MR) is 138 cm³/mol. The summed E-state index contributed by atoms with van der Waals surface area (Å²) in [6.07, 6.45) is 1.81. The number of rotatable bonds is 8. The van der Waals surface area contributed by atoms with E-state index in [0.29, 0.717) is 44.3 Å². The molecule has 0 fully saturated rings. The Morgan fingerprint density at radius 2 is 1.81 bits per heavy atom. The lowest BCUT2D eigenvalue weighted by atomic mass is 9.95. The van der Waals surface area contributed by atoms with Crippen molar-refractivity contribution < 1.29 is 23.7 Å². The summed E-state index contributed by atoms with van der Waals surface area (Å²) in [5.41, 5.74) is 2.11. The fourth-order valence-electron chi connectivity index (χ4n) is 4.09. The molecular formula is C27H28N2O6S. The average Bonchev–Trinajstić information content (AvgIpc) is 3.18. The molecule has 1 aromatic heterocycles. The third-order valence-electron chi connectivity index (χ3n) is 5.73. The molecule has 188 valence electrons. The number of hydrogen-bond acceptors (Lipinski definition) is 8. The van der Waals surface area contributed by atoms with E-state index < -0.39 is 12.0 Å². The molecule has 2 heterocycles. The number of carbonyl (C=O) groups excluding carboxylic acids is 1. The molecule has 4 rings (SSSR count). The van der Waals surface area contributed by atoms with Gasteiger partial charge in [-0.3, -0.25) is 9.36 Å². The Kier molecular flexibility index (Phi) is 7.59. The Bertz CT molecular complexity index is 1480. The van der Waals surface area contributed by atoms with Crippen LogP contribution in [0.4, 0.5) is 0 Å². The van der Waals surface area contributed by atoms with Crippen LogP contribution >= 0.6 is 11.3 Å². The monoisotopic (exact) mass is 508 g/mol. The quantitative estimate of drug-likeness (QED) is 0.434. The number of hydrogen-bond donors (Lipinski definition) is 0. The van der Waals surface area contributed by atoms with E-state index in [1.165, 1.54) is 11.3 Å². The van der Waals surface area contributed by atoms with Crippen molar-refractivity contribution in [3.8, 4) is 17.2 Å². The second-order valence-corrected chi connectivity index (χ2v) is 8.93. The van der Waals surface area contributed by atoms with Crippen molar-refractivity contribution >= 4 is 23.4 Å². The summed E-state index contributed by atoms with van der Waals surface area (Å²) in [5, 5.41) is 0. The zero-order chi connectivity index (χ0) is 25.8. The van der Waals surface area contributed by atoms with Crippen LogP contribution in [-0.4, -0.2) is 38.0 Å². The maximum absolute atomic E-state index is 13.7. The lowest BCUT2D eigenvalue weighted by Gasteiger charge is -2.25. The molecule has 9 heteroatoms. The molecule has 1 aliphatic heterocycles. The number of methoxy groups -OCH3 is 2. The molecule has 3 aromatic rings. The van der Waals surface area contributed by atoms with Gasteiger partial charge in [0, 0.05) is 0 Å². The van der Waals surface area contributed by atoms with Gasteiger partial charge in [-0.25, -0.2) is 9.79 Å². The minimum absolute atomic E-state index is 0.205. The molecule has 1 atom stereocenters. The van der Waals surface area contributed by atoms with E-state index in [1.807, 2.05) is 43.3 Å². The molecule has 0 bridgehead atoms. The number of fused-ring (bicyclic) bond motifs is 1. The van der Waals surface area contributed by atoms with Crippen LogP contribution in [-0.2, 0) is 9.53 Å². The highest BCUT2D eigenvalue weighted by Gasteiger charge is 2.33. The Hall–Kier alpha value is -3.85. The lowest BCUT2D eigenvalue weighted by Crippen LogP contribution is -2.40. The van der Waals surface area contributed by atoms with E-state index in [9.17, 15) is 9.59 Å². The van der Waals surface area contributed by atoms with Crippen LogP contribution < -0.4 is 29.1 Å². The van der Waals surface area contributed by atoms with Gasteiger partial charge in [-0.2, -0.15) is 0 Å².